The lowest BCUT2D eigenvalue weighted by atomic mass is 9.75. The maximum Gasteiger partial charge on any atom is 0.313 e. The Morgan fingerprint density at radius 1 is 1.27 bits per heavy atom. The highest BCUT2D eigenvalue weighted by atomic mass is 16.6. The van der Waals surface area contributed by atoms with Gasteiger partial charge >= 0.3 is 5.97 Å². The number of Topliss-reactive ketones (excluding diaryl/α,β-unsaturated/α-hetero) is 1. The van der Waals surface area contributed by atoms with Crippen LogP contribution in [0.5, 0.6) is 0 Å². The van der Waals surface area contributed by atoms with Crippen molar-refractivity contribution in [1.82, 2.24) is 5.32 Å². The minimum atomic E-state index is -0.608. The van der Waals surface area contributed by atoms with Crippen LogP contribution >= 0.6 is 0 Å². The fourth-order valence-corrected chi connectivity index (χ4v) is 4.72. The molecular formula is C21H31NO4. The first-order valence-corrected chi connectivity index (χ1v) is 10.0. The van der Waals surface area contributed by atoms with Gasteiger partial charge in [0, 0.05) is 13.0 Å². The monoisotopic (exact) mass is 361 g/mol. The molecule has 5 heteroatoms. The van der Waals surface area contributed by atoms with E-state index in [2.05, 4.69) is 24.4 Å². The lowest BCUT2D eigenvalue weighted by molar-refractivity contribution is -0.178. The van der Waals surface area contributed by atoms with Crippen molar-refractivity contribution in [1.29, 1.82) is 0 Å². The summed E-state index contributed by atoms with van der Waals surface area (Å²) >= 11 is 0. The van der Waals surface area contributed by atoms with Gasteiger partial charge in [-0.05, 0) is 68.9 Å². The molecule has 1 N–H and O–H groups in total. The second-order valence-corrected chi connectivity index (χ2v) is 7.79. The van der Waals surface area contributed by atoms with E-state index in [1.165, 1.54) is 5.57 Å². The van der Waals surface area contributed by atoms with E-state index in [0.29, 0.717) is 25.4 Å². The summed E-state index contributed by atoms with van der Waals surface area (Å²) in [5.74, 6) is -0.00905. The van der Waals surface area contributed by atoms with E-state index in [9.17, 15) is 9.59 Å². The van der Waals surface area contributed by atoms with Gasteiger partial charge in [-0.3, -0.25) is 9.59 Å². The predicted molar refractivity (Wildman–Crippen MR) is 99.3 cm³/mol. The predicted octanol–water partition coefficient (Wildman–Crippen LogP) is 3.79. The molecule has 5 nitrogen and oxygen atoms in total. The molecule has 1 saturated carbocycles. The first-order valence-electron chi connectivity index (χ1n) is 10.0. The van der Waals surface area contributed by atoms with Gasteiger partial charge in [-0.15, -0.1) is 0 Å². The van der Waals surface area contributed by atoms with Crippen LogP contribution in [0, 0.1) is 5.92 Å². The van der Waals surface area contributed by atoms with E-state index in [4.69, 9.17) is 9.47 Å². The summed E-state index contributed by atoms with van der Waals surface area (Å²) in [5.41, 5.74) is 0.104. The Bertz CT molecular complexity index is 587. The number of hydrogen-bond donors (Lipinski definition) is 1. The molecule has 1 aliphatic carbocycles. The zero-order chi connectivity index (χ0) is 18.6. The van der Waals surface area contributed by atoms with Crippen LogP contribution in [0.15, 0.2) is 23.9 Å². The standard InChI is InChI=1S/C21H31NO4/c1-3-21(25-4-2)14-16(10-12-22-21)9-11-20(17-7-5-6-8-17)15-18(23)13-19(24)26-20/h10,12,14,17,22H,3-9,11,13,15H2,1-2H3/t20?,21-/m0/s1. The van der Waals surface area contributed by atoms with Gasteiger partial charge < -0.3 is 14.8 Å². The number of hydrogen-bond acceptors (Lipinski definition) is 5. The van der Waals surface area contributed by atoms with Crippen molar-refractivity contribution >= 4 is 11.8 Å². The van der Waals surface area contributed by atoms with Gasteiger partial charge in [0.1, 0.15) is 17.8 Å². The smallest absolute Gasteiger partial charge is 0.313 e. The minimum absolute atomic E-state index is 0.0280. The molecule has 1 saturated heterocycles. The highest BCUT2D eigenvalue weighted by Gasteiger charge is 2.47. The average molecular weight is 361 g/mol. The van der Waals surface area contributed by atoms with Crippen LogP contribution in [-0.2, 0) is 19.1 Å². The summed E-state index contributed by atoms with van der Waals surface area (Å²) in [6.45, 7) is 4.72. The van der Waals surface area contributed by atoms with Crippen molar-refractivity contribution < 1.29 is 19.1 Å². The first kappa shape index (κ1) is 19.2. The number of ketones is 1. The Labute approximate surface area is 156 Å². The molecule has 0 spiro atoms. The Hall–Kier alpha value is -1.62. The van der Waals surface area contributed by atoms with E-state index < -0.39 is 11.3 Å². The maximum atomic E-state index is 12.2. The van der Waals surface area contributed by atoms with E-state index in [1.807, 2.05) is 13.1 Å². The maximum absolute atomic E-state index is 12.2. The fraction of sp³-hybridized carbons (Fsp3) is 0.714. The first-order chi connectivity index (χ1) is 12.5. The van der Waals surface area contributed by atoms with Gasteiger partial charge in [-0.2, -0.15) is 0 Å². The Balaban J connectivity index is 1.76. The molecule has 0 aromatic rings. The molecular weight excluding hydrogens is 330 g/mol. The van der Waals surface area contributed by atoms with Gasteiger partial charge in [0.25, 0.3) is 0 Å². The topological polar surface area (TPSA) is 64.6 Å². The third-order valence-corrected chi connectivity index (χ3v) is 6.06. The number of ether oxygens (including phenoxy) is 2. The SMILES string of the molecule is CCO[C@@]1(CC)C=C(CCC2(C3CCCC3)CC(=O)CC(=O)O2)C=CN1. The number of rotatable bonds is 7. The molecule has 2 atom stereocenters. The Morgan fingerprint density at radius 3 is 2.69 bits per heavy atom. The molecule has 3 rings (SSSR count). The van der Waals surface area contributed by atoms with Crippen LogP contribution in [0.3, 0.4) is 0 Å². The lowest BCUT2D eigenvalue weighted by Gasteiger charge is -2.41. The van der Waals surface area contributed by atoms with Crippen molar-refractivity contribution in [3.8, 4) is 0 Å². The zero-order valence-electron chi connectivity index (χ0n) is 16.0. The summed E-state index contributed by atoms with van der Waals surface area (Å²) in [4.78, 5) is 24.2. The molecule has 2 aliphatic heterocycles. The number of nitrogens with one attached hydrogen (secondary N) is 1. The van der Waals surface area contributed by atoms with Crippen molar-refractivity contribution in [3.63, 3.8) is 0 Å². The van der Waals surface area contributed by atoms with Crippen molar-refractivity contribution in [2.24, 2.45) is 5.92 Å². The number of esters is 1. The number of allylic oxidation sites excluding steroid dienone is 2. The van der Waals surface area contributed by atoms with Crippen LogP contribution in [0.4, 0.5) is 0 Å². The molecule has 3 aliphatic rings. The molecule has 2 fully saturated rings. The average Bonchev–Trinajstić information content (AvgIpc) is 3.15. The van der Waals surface area contributed by atoms with Gasteiger partial charge in [0.15, 0.2) is 5.72 Å². The molecule has 26 heavy (non-hydrogen) atoms. The summed E-state index contributed by atoms with van der Waals surface area (Å²) in [5, 5.41) is 3.31. The highest BCUT2D eigenvalue weighted by Crippen LogP contribution is 2.44. The van der Waals surface area contributed by atoms with E-state index in [0.717, 1.165) is 38.5 Å². The summed E-state index contributed by atoms with van der Waals surface area (Å²) in [7, 11) is 0. The Kier molecular flexibility index (Phi) is 5.86. The minimum Gasteiger partial charge on any atom is -0.458 e. The van der Waals surface area contributed by atoms with Crippen LogP contribution in [0.25, 0.3) is 0 Å². The third kappa shape index (κ3) is 4.03. The lowest BCUT2D eigenvalue weighted by Crippen LogP contribution is -2.48. The zero-order valence-corrected chi connectivity index (χ0v) is 16.0. The van der Waals surface area contributed by atoms with E-state index in [-0.39, 0.29) is 18.2 Å². The second kappa shape index (κ2) is 7.95. The number of carbonyl (C=O) groups excluding carboxylic acids is 2. The number of cyclic esters (lactones) is 1. The molecule has 0 radical (unpaired) electrons. The molecule has 0 aromatic carbocycles. The quantitative estimate of drug-likeness (QED) is 0.552. The largest absolute Gasteiger partial charge is 0.458 e. The van der Waals surface area contributed by atoms with Gasteiger partial charge in [-0.1, -0.05) is 19.8 Å². The van der Waals surface area contributed by atoms with Crippen molar-refractivity contribution in [2.75, 3.05) is 6.61 Å². The van der Waals surface area contributed by atoms with Gasteiger partial charge in [0.2, 0.25) is 0 Å². The van der Waals surface area contributed by atoms with Crippen LogP contribution in [0.2, 0.25) is 0 Å². The van der Waals surface area contributed by atoms with Crippen LogP contribution < -0.4 is 5.32 Å². The second-order valence-electron chi connectivity index (χ2n) is 7.79. The molecule has 2 heterocycles. The molecule has 1 unspecified atom stereocenters. The third-order valence-electron chi connectivity index (χ3n) is 6.06. The van der Waals surface area contributed by atoms with Crippen molar-refractivity contribution in [2.45, 2.75) is 83.0 Å². The van der Waals surface area contributed by atoms with Crippen LogP contribution in [-0.4, -0.2) is 29.7 Å². The fourth-order valence-electron chi connectivity index (χ4n) is 4.72. The van der Waals surface area contributed by atoms with E-state index >= 15 is 0 Å². The Morgan fingerprint density at radius 2 is 2.04 bits per heavy atom. The normalized spacial score (nSPS) is 32.3. The summed E-state index contributed by atoms with van der Waals surface area (Å²) < 4.78 is 11.8. The van der Waals surface area contributed by atoms with E-state index in [1.54, 1.807) is 0 Å². The molecule has 0 bridgehead atoms. The molecule has 0 aromatic heterocycles. The highest BCUT2D eigenvalue weighted by molar-refractivity contribution is 5.98. The van der Waals surface area contributed by atoms with Crippen LogP contribution in [0.1, 0.15) is 71.6 Å². The summed E-state index contributed by atoms with van der Waals surface area (Å²) in [6.07, 6.45) is 13.2. The van der Waals surface area contributed by atoms with Gasteiger partial charge in [0.05, 0.1) is 0 Å². The number of dihydropyridines is 1. The summed E-state index contributed by atoms with van der Waals surface area (Å²) in [6, 6.07) is 0. The molecule has 0 amide bonds. The van der Waals surface area contributed by atoms with Crippen molar-refractivity contribution in [3.05, 3.63) is 23.9 Å². The number of carbonyl (C=O) groups is 2. The molecule has 144 valence electrons. The van der Waals surface area contributed by atoms with Gasteiger partial charge in [-0.25, -0.2) is 0 Å².